The molecule has 5 nitrogen and oxygen atoms in total. The van der Waals surface area contributed by atoms with Gasteiger partial charge < -0.3 is 4.74 Å². The average Bonchev–Trinajstić information content (AvgIpc) is 2.53. The van der Waals surface area contributed by atoms with E-state index in [9.17, 15) is 13.2 Å². The molecule has 0 aliphatic carbocycles. The third-order valence-electron chi connectivity index (χ3n) is 3.15. The molecule has 0 heterocycles. The minimum atomic E-state index is -3.65. The molecule has 0 aromatic heterocycles. The lowest BCUT2D eigenvalue weighted by molar-refractivity contribution is 0.0472. The van der Waals surface area contributed by atoms with Gasteiger partial charge in [-0.3, -0.25) is 0 Å². The van der Waals surface area contributed by atoms with Gasteiger partial charge in [-0.2, -0.15) is 0 Å². The van der Waals surface area contributed by atoms with Crippen molar-refractivity contribution >= 4 is 27.6 Å². The fourth-order valence-corrected chi connectivity index (χ4v) is 2.96. The van der Waals surface area contributed by atoms with Gasteiger partial charge in [0.15, 0.2) is 0 Å². The smallest absolute Gasteiger partial charge is 0.340 e. The Morgan fingerprint density at radius 1 is 1.13 bits per heavy atom. The number of halogens is 1. The van der Waals surface area contributed by atoms with Crippen molar-refractivity contribution in [2.75, 3.05) is 14.1 Å². The summed E-state index contributed by atoms with van der Waals surface area (Å²) in [5, 5.41) is 0.140. The molecule has 2 rings (SSSR count). The highest BCUT2D eigenvalue weighted by Gasteiger charge is 2.21. The second-order valence-corrected chi connectivity index (χ2v) is 7.55. The van der Waals surface area contributed by atoms with E-state index in [1.54, 1.807) is 0 Å². The van der Waals surface area contributed by atoms with E-state index in [1.807, 2.05) is 30.3 Å². The molecule has 2 aromatic rings. The van der Waals surface area contributed by atoms with Gasteiger partial charge in [-0.25, -0.2) is 17.5 Å². The first-order valence-electron chi connectivity index (χ1n) is 6.75. The van der Waals surface area contributed by atoms with Gasteiger partial charge in [-0.1, -0.05) is 41.9 Å². The number of rotatable bonds is 5. The first kappa shape index (κ1) is 17.5. The summed E-state index contributed by atoms with van der Waals surface area (Å²) >= 11 is 5.99. The molecule has 0 aliphatic heterocycles. The van der Waals surface area contributed by atoms with Crippen LogP contribution in [0.5, 0.6) is 0 Å². The van der Waals surface area contributed by atoms with E-state index in [0.29, 0.717) is 0 Å². The van der Waals surface area contributed by atoms with Gasteiger partial charge >= 0.3 is 5.97 Å². The van der Waals surface area contributed by atoms with Gasteiger partial charge in [-0.05, 0) is 23.8 Å². The fourth-order valence-electron chi connectivity index (χ4n) is 1.83. The zero-order chi connectivity index (χ0) is 17.0. The number of nitrogens with zero attached hydrogens (tertiary/aromatic N) is 1. The molecule has 0 saturated carbocycles. The minimum Gasteiger partial charge on any atom is -0.457 e. The van der Waals surface area contributed by atoms with Crippen molar-refractivity contribution in [1.29, 1.82) is 0 Å². The van der Waals surface area contributed by atoms with Crippen molar-refractivity contribution in [3.63, 3.8) is 0 Å². The van der Waals surface area contributed by atoms with Crippen LogP contribution in [0.2, 0.25) is 5.02 Å². The van der Waals surface area contributed by atoms with E-state index in [0.717, 1.165) is 9.87 Å². The third kappa shape index (κ3) is 4.10. The normalized spacial score (nSPS) is 11.5. The highest BCUT2D eigenvalue weighted by molar-refractivity contribution is 7.89. The molecule has 122 valence electrons. The first-order chi connectivity index (χ1) is 10.8. The molecule has 0 radical (unpaired) electrons. The van der Waals surface area contributed by atoms with Crippen LogP contribution in [0.15, 0.2) is 53.4 Å². The van der Waals surface area contributed by atoms with E-state index in [1.165, 1.54) is 32.3 Å². The van der Waals surface area contributed by atoms with Crippen molar-refractivity contribution in [1.82, 2.24) is 4.31 Å². The number of benzene rings is 2. The maximum absolute atomic E-state index is 12.2. The Bertz CT molecular complexity index is 804. The summed E-state index contributed by atoms with van der Waals surface area (Å²) in [7, 11) is -0.822. The van der Waals surface area contributed by atoms with Crippen molar-refractivity contribution in [3.05, 3.63) is 64.7 Å². The Labute approximate surface area is 140 Å². The van der Waals surface area contributed by atoms with Gasteiger partial charge in [0.1, 0.15) is 6.61 Å². The van der Waals surface area contributed by atoms with Crippen molar-refractivity contribution in [2.45, 2.75) is 11.5 Å². The largest absolute Gasteiger partial charge is 0.457 e. The van der Waals surface area contributed by atoms with Gasteiger partial charge in [0.2, 0.25) is 10.0 Å². The van der Waals surface area contributed by atoms with Crippen molar-refractivity contribution in [3.8, 4) is 0 Å². The molecule has 0 N–H and O–H groups in total. The lowest BCUT2D eigenvalue weighted by Gasteiger charge is -2.13. The molecule has 23 heavy (non-hydrogen) atoms. The van der Waals surface area contributed by atoms with Crippen LogP contribution >= 0.6 is 11.6 Å². The number of hydrogen-bond acceptors (Lipinski definition) is 4. The van der Waals surface area contributed by atoms with E-state index in [4.69, 9.17) is 16.3 Å². The molecule has 0 saturated heterocycles. The highest BCUT2D eigenvalue weighted by atomic mass is 35.5. The average molecular weight is 354 g/mol. The Morgan fingerprint density at radius 2 is 1.78 bits per heavy atom. The van der Waals surface area contributed by atoms with E-state index >= 15 is 0 Å². The molecule has 0 fully saturated rings. The van der Waals surface area contributed by atoms with Gasteiger partial charge in [-0.15, -0.1) is 0 Å². The second kappa shape index (κ2) is 7.12. The summed E-state index contributed by atoms with van der Waals surface area (Å²) in [4.78, 5) is 12.2. The van der Waals surface area contributed by atoms with Gasteiger partial charge in [0.25, 0.3) is 0 Å². The summed E-state index contributed by atoms with van der Waals surface area (Å²) in [6, 6.07) is 13.1. The Morgan fingerprint density at radius 3 is 2.39 bits per heavy atom. The quantitative estimate of drug-likeness (QED) is 0.775. The zero-order valence-corrected chi connectivity index (χ0v) is 14.3. The minimum absolute atomic E-state index is 0.0152. The number of sulfonamides is 1. The maximum Gasteiger partial charge on any atom is 0.340 e. The van der Waals surface area contributed by atoms with E-state index < -0.39 is 16.0 Å². The molecule has 0 bridgehead atoms. The lowest BCUT2D eigenvalue weighted by atomic mass is 10.2. The molecular weight excluding hydrogens is 338 g/mol. The Balaban J connectivity index is 2.23. The predicted molar refractivity (Wildman–Crippen MR) is 87.9 cm³/mol. The highest BCUT2D eigenvalue weighted by Crippen LogP contribution is 2.23. The Hall–Kier alpha value is -1.89. The molecule has 0 unspecified atom stereocenters. The molecule has 0 atom stereocenters. The van der Waals surface area contributed by atoms with Gasteiger partial charge in [0.05, 0.1) is 15.5 Å². The molecule has 7 heteroatoms. The van der Waals surface area contributed by atoms with Crippen LogP contribution in [0.3, 0.4) is 0 Å². The number of carbonyl (C=O) groups is 1. The predicted octanol–water partition coefficient (Wildman–Crippen LogP) is 2.95. The van der Waals surface area contributed by atoms with Crippen LogP contribution in [-0.2, 0) is 21.4 Å². The summed E-state index contributed by atoms with van der Waals surface area (Å²) in [6.07, 6.45) is 0. The monoisotopic (exact) mass is 353 g/mol. The number of esters is 1. The van der Waals surface area contributed by atoms with Crippen LogP contribution in [0.1, 0.15) is 15.9 Å². The van der Waals surface area contributed by atoms with Gasteiger partial charge in [0, 0.05) is 14.1 Å². The number of hydrogen-bond donors (Lipinski definition) is 0. The number of ether oxygens (including phenoxy) is 1. The summed E-state index contributed by atoms with van der Waals surface area (Å²) in [6.45, 7) is 0.0840. The second-order valence-electron chi connectivity index (χ2n) is 4.99. The molecule has 0 aliphatic rings. The molecule has 0 amide bonds. The fraction of sp³-hybridized carbons (Fsp3) is 0.188. The lowest BCUT2D eigenvalue weighted by Crippen LogP contribution is -2.22. The Kier molecular flexibility index (Phi) is 5.41. The van der Waals surface area contributed by atoms with E-state index in [2.05, 4.69) is 0 Å². The van der Waals surface area contributed by atoms with Crippen LogP contribution in [0, 0.1) is 0 Å². The number of carbonyl (C=O) groups excluding carboxylic acids is 1. The maximum atomic E-state index is 12.2. The third-order valence-corrected chi connectivity index (χ3v) is 5.29. The van der Waals surface area contributed by atoms with Crippen LogP contribution < -0.4 is 0 Å². The molecule has 0 spiro atoms. The molecule has 2 aromatic carbocycles. The molecular formula is C16H16ClNO4S. The first-order valence-corrected chi connectivity index (χ1v) is 8.57. The topological polar surface area (TPSA) is 63.7 Å². The summed E-state index contributed by atoms with van der Waals surface area (Å²) in [5.74, 6) is -0.672. The van der Waals surface area contributed by atoms with Crippen LogP contribution in [0.4, 0.5) is 0 Å². The summed E-state index contributed by atoms with van der Waals surface area (Å²) in [5.41, 5.74) is 0.847. The standard InChI is InChI=1S/C16H16ClNO4S/c1-18(2)23(20,21)13-8-9-15(17)14(10-13)16(19)22-11-12-6-4-3-5-7-12/h3-10H,11H2,1-2H3. The van der Waals surface area contributed by atoms with Crippen LogP contribution in [0.25, 0.3) is 0 Å². The summed E-state index contributed by atoms with van der Waals surface area (Å²) < 4.78 is 30.5. The SMILES string of the molecule is CN(C)S(=O)(=O)c1ccc(Cl)c(C(=O)OCc2ccccc2)c1. The van der Waals surface area contributed by atoms with Crippen molar-refractivity contribution < 1.29 is 17.9 Å². The zero-order valence-electron chi connectivity index (χ0n) is 12.7. The van der Waals surface area contributed by atoms with Crippen molar-refractivity contribution in [2.24, 2.45) is 0 Å². The van der Waals surface area contributed by atoms with Crippen LogP contribution in [-0.4, -0.2) is 32.8 Å². The van der Waals surface area contributed by atoms with E-state index in [-0.39, 0.29) is 22.1 Å².